The third-order valence-corrected chi connectivity index (χ3v) is 5.26. The van der Waals surface area contributed by atoms with E-state index < -0.39 is 0 Å². The summed E-state index contributed by atoms with van der Waals surface area (Å²) < 4.78 is 0. The van der Waals surface area contributed by atoms with Crippen LogP contribution in [0.15, 0.2) is 24.3 Å². The van der Waals surface area contributed by atoms with Crippen LogP contribution >= 0.6 is 0 Å². The summed E-state index contributed by atoms with van der Waals surface area (Å²) >= 11 is 0. The fourth-order valence-corrected chi connectivity index (χ4v) is 4.02. The van der Waals surface area contributed by atoms with E-state index in [0.29, 0.717) is 11.5 Å². The van der Waals surface area contributed by atoms with E-state index in [9.17, 15) is 5.11 Å². The second kappa shape index (κ2) is 5.54. The highest BCUT2D eigenvalue weighted by molar-refractivity contribution is 5.51. The number of aliphatic hydroxyl groups is 1. The Morgan fingerprint density at radius 2 is 1.74 bits per heavy atom. The normalized spacial score (nSPS) is 22.8. The minimum atomic E-state index is 0.125. The van der Waals surface area contributed by atoms with E-state index in [2.05, 4.69) is 11.4 Å². The van der Waals surface area contributed by atoms with Crippen LogP contribution in [0, 0.1) is 5.41 Å². The Balaban J connectivity index is 1.60. The van der Waals surface area contributed by atoms with Gasteiger partial charge in [0, 0.05) is 17.3 Å². The van der Waals surface area contributed by atoms with Gasteiger partial charge in [-0.25, -0.2) is 0 Å². The number of aliphatic hydroxyl groups excluding tert-OH is 1. The molecule has 2 heteroatoms. The van der Waals surface area contributed by atoms with Crippen LogP contribution in [0.25, 0.3) is 0 Å². The summed E-state index contributed by atoms with van der Waals surface area (Å²) in [6.07, 6.45) is 11.2. The summed E-state index contributed by atoms with van der Waals surface area (Å²) in [4.78, 5) is 0. The highest BCUT2D eigenvalue weighted by Gasteiger charge is 2.37. The van der Waals surface area contributed by atoms with E-state index in [-0.39, 0.29) is 6.61 Å². The molecule has 2 nitrogen and oxygen atoms in total. The van der Waals surface area contributed by atoms with Crippen molar-refractivity contribution in [1.29, 1.82) is 0 Å². The predicted octanol–water partition coefficient (Wildman–Crippen LogP) is 4.09. The van der Waals surface area contributed by atoms with Gasteiger partial charge in [0.2, 0.25) is 0 Å². The maximum absolute atomic E-state index is 9.38. The van der Waals surface area contributed by atoms with Crippen LogP contribution in [0.4, 0.5) is 5.69 Å². The second-order valence-electron chi connectivity index (χ2n) is 6.44. The Labute approximate surface area is 116 Å². The molecule has 0 radical (unpaired) electrons. The van der Waals surface area contributed by atoms with Gasteiger partial charge in [-0.05, 0) is 50.0 Å². The smallest absolute Gasteiger partial charge is 0.0701 e. The maximum Gasteiger partial charge on any atom is 0.0701 e. The molecule has 0 atom stereocenters. The van der Waals surface area contributed by atoms with Gasteiger partial charge in [-0.15, -0.1) is 0 Å². The molecule has 1 aromatic carbocycles. The van der Waals surface area contributed by atoms with E-state index in [1.165, 1.54) is 51.4 Å². The Morgan fingerprint density at radius 1 is 1.05 bits per heavy atom. The molecule has 19 heavy (non-hydrogen) atoms. The number of para-hydroxylation sites is 1. The van der Waals surface area contributed by atoms with Crippen LogP contribution in [0.1, 0.15) is 56.9 Å². The van der Waals surface area contributed by atoms with Crippen molar-refractivity contribution >= 4 is 5.69 Å². The Morgan fingerprint density at radius 3 is 2.42 bits per heavy atom. The van der Waals surface area contributed by atoms with Gasteiger partial charge in [-0.1, -0.05) is 31.0 Å². The van der Waals surface area contributed by atoms with Crippen LogP contribution in [-0.2, 0) is 6.61 Å². The van der Waals surface area contributed by atoms with Crippen molar-refractivity contribution in [2.24, 2.45) is 5.41 Å². The molecule has 2 saturated carbocycles. The largest absolute Gasteiger partial charge is 0.392 e. The van der Waals surface area contributed by atoms with E-state index in [4.69, 9.17) is 0 Å². The highest BCUT2D eigenvalue weighted by atomic mass is 16.3. The number of nitrogens with one attached hydrogen (secondary N) is 1. The SMILES string of the molecule is OCc1ccccc1NC1CCC2(CCCC2)CC1. The number of hydrogen-bond acceptors (Lipinski definition) is 2. The first-order valence-electron chi connectivity index (χ1n) is 7.77. The summed E-state index contributed by atoms with van der Waals surface area (Å²) in [5.41, 5.74) is 2.84. The van der Waals surface area contributed by atoms with Crippen molar-refractivity contribution in [2.45, 2.75) is 64.0 Å². The lowest BCUT2D eigenvalue weighted by Gasteiger charge is -2.38. The van der Waals surface area contributed by atoms with E-state index in [0.717, 1.165) is 11.3 Å². The van der Waals surface area contributed by atoms with Crippen molar-refractivity contribution in [1.82, 2.24) is 0 Å². The lowest BCUT2D eigenvalue weighted by atomic mass is 9.71. The Bertz CT molecular complexity index is 413. The van der Waals surface area contributed by atoms with Crippen molar-refractivity contribution in [2.75, 3.05) is 5.32 Å². The van der Waals surface area contributed by atoms with E-state index >= 15 is 0 Å². The molecular weight excluding hydrogens is 234 g/mol. The van der Waals surface area contributed by atoms with Gasteiger partial charge in [-0.3, -0.25) is 0 Å². The topological polar surface area (TPSA) is 32.3 Å². The molecule has 0 saturated heterocycles. The van der Waals surface area contributed by atoms with Gasteiger partial charge in [-0.2, -0.15) is 0 Å². The molecule has 0 bridgehead atoms. The molecule has 1 aromatic rings. The molecule has 2 aliphatic rings. The third kappa shape index (κ3) is 2.79. The Kier molecular flexibility index (Phi) is 3.79. The molecule has 2 aliphatic carbocycles. The summed E-state index contributed by atoms with van der Waals surface area (Å²) in [5.74, 6) is 0. The molecular formula is C17H25NO. The summed E-state index contributed by atoms with van der Waals surface area (Å²) in [7, 11) is 0. The second-order valence-corrected chi connectivity index (χ2v) is 6.44. The average molecular weight is 259 g/mol. The molecule has 0 heterocycles. The number of benzene rings is 1. The molecule has 1 spiro atoms. The first kappa shape index (κ1) is 13.0. The summed E-state index contributed by atoms with van der Waals surface area (Å²) in [5, 5.41) is 13.0. The van der Waals surface area contributed by atoms with Gasteiger partial charge >= 0.3 is 0 Å². The number of hydrogen-bond donors (Lipinski definition) is 2. The summed E-state index contributed by atoms with van der Waals surface area (Å²) in [6, 6.07) is 8.72. The molecule has 2 fully saturated rings. The van der Waals surface area contributed by atoms with Crippen LogP contribution < -0.4 is 5.32 Å². The average Bonchev–Trinajstić information content (AvgIpc) is 2.91. The minimum Gasteiger partial charge on any atom is -0.392 e. The third-order valence-electron chi connectivity index (χ3n) is 5.26. The zero-order valence-electron chi connectivity index (χ0n) is 11.7. The lowest BCUT2D eigenvalue weighted by molar-refractivity contribution is 0.188. The number of rotatable bonds is 3. The molecule has 0 amide bonds. The fourth-order valence-electron chi connectivity index (χ4n) is 4.02. The van der Waals surface area contributed by atoms with Crippen molar-refractivity contribution in [3.8, 4) is 0 Å². The van der Waals surface area contributed by atoms with E-state index in [1.807, 2.05) is 18.2 Å². The highest BCUT2D eigenvalue weighted by Crippen LogP contribution is 2.49. The number of anilines is 1. The zero-order chi connectivity index (χ0) is 13.1. The monoisotopic (exact) mass is 259 g/mol. The van der Waals surface area contributed by atoms with Gasteiger partial charge < -0.3 is 10.4 Å². The van der Waals surface area contributed by atoms with Crippen molar-refractivity contribution in [3.63, 3.8) is 0 Å². The van der Waals surface area contributed by atoms with Crippen LogP contribution in [-0.4, -0.2) is 11.1 Å². The molecule has 104 valence electrons. The Hall–Kier alpha value is -1.02. The summed E-state index contributed by atoms with van der Waals surface area (Å²) in [6.45, 7) is 0.125. The van der Waals surface area contributed by atoms with Crippen LogP contribution in [0.5, 0.6) is 0 Å². The van der Waals surface area contributed by atoms with Crippen LogP contribution in [0.2, 0.25) is 0 Å². The van der Waals surface area contributed by atoms with Crippen molar-refractivity contribution < 1.29 is 5.11 Å². The molecule has 0 unspecified atom stereocenters. The molecule has 0 aromatic heterocycles. The van der Waals surface area contributed by atoms with Gasteiger partial charge in [0.25, 0.3) is 0 Å². The predicted molar refractivity (Wildman–Crippen MR) is 79.1 cm³/mol. The first-order valence-corrected chi connectivity index (χ1v) is 7.77. The molecule has 0 aliphatic heterocycles. The molecule has 2 N–H and O–H groups in total. The minimum absolute atomic E-state index is 0.125. The van der Waals surface area contributed by atoms with Gasteiger partial charge in [0.05, 0.1) is 6.61 Å². The fraction of sp³-hybridized carbons (Fsp3) is 0.647. The van der Waals surface area contributed by atoms with Crippen molar-refractivity contribution in [3.05, 3.63) is 29.8 Å². The van der Waals surface area contributed by atoms with Crippen LogP contribution in [0.3, 0.4) is 0 Å². The zero-order valence-corrected chi connectivity index (χ0v) is 11.7. The van der Waals surface area contributed by atoms with E-state index in [1.54, 1.807) is 0 Å². The van der Waals surface area contributed by atoms with Gasteiger partial charge in [0.15, 0.2) is 0 Å². The lowest BCUT2D eigenvalue weighted by Crippen LogP contribution is -2.31. The molecule has 3 rings (SSSR count). The maximum atomic E-state index is 9.38. The quantitative estimate of drug-likeness (QED) is 0.856. The standard InChI is InChI=1S/C17H25NO/c19-13-14-5-1-2-6-16(14)18-15-7-11-17(12-8-15)9-3-4-10-17/h1-2,5-6,15,18-19H,3-4,7-13H2. The van der Waals surface area contributed by atoms with Gasteiger partial charge in [0.1, 0.15) is 0 Å². The first-order chi connectivity index (χ1) is 9.31.